The maximum atomic E-state index is 12.4. The quantitative estimate of drug-likeness (QED) is 0.576. The molecule has 24 heavy (non-hydrogen) atoms. The van der Waals surface area contributed by atoms with Crippen molar-refractivity contribution in [2.75, 3.05) is 26.5 Å². The van der Waals surface area contributed by atoms with E-state index in [0.717, 1.165) is 12.1 Å². The Kier molecular flexibility index (Phi) is 8.24. The number of thioether (sulfide) groups is 1. The molecule has 136 valence electrons. The van der Waals surface area contributed by atoms with Crippen LogP contribution in [0.2, 0.25) is 0 Å². The summed E-state index contributed by atoms with van der Waals surface area (Å²) in [7, 11) is 1.65. The number of aryl methyl sites for hydroxylation is 1. The standard InChI is InChI=1S/C16H24F3N3OS/c1-11-5-6-13(14(7-11)23-10-16(17,18)19)9-22-15(20-3)21-8-12(2)24-4/h5-7,12H,8-10H2,1-4H3,(H2,20,21,22). The van der Waals surface area contributed by atoms with Crippen molar-refractivity contribution in [3.63, 3.8) is 0 Å². The van der Waals surface area contributed by atoms with Crippen LogP contribution in [0, 0.1) is 6.92 Å². The Hall–Kier alpha value is -1.57. The lowest BCUT2D eigenvalue weighted by Crippen LogP contribution is -2.39. The Morgan fingerprint density at radius 3 is 2.62 bits per heavy atom. The number of alkyl halides is 3. The highest BCUT2D eigenvalue weighted by Crippen LogP contribution is 2.23. The van der Waals surface area contributed by atoms with Crippen molar-refractivity contribution < 1.29 is 17.9 Å². The van der Waals surface area contributed by atoms with Gasteiger partial charge in [-0.1, -0.05) is 19.1 Å². The fourth-order valence-electron chi connectivity index (χ4n) is 1.83. The van der Waals surface area contributed by atoms with E-state index in [2.05, 4.69) is 22.5 Å². The number of nitrogens with one attached hydrogen (secondary N) is 2. The minimum Gasteiger partial charge on any atom is -0.484 e. The van der Waals surface area contributed by atoms with Crippen molar-refractivity contribution in [3.05, 3.63) is 29.3 Å². The summed E-state index contributed by atoms with van der Waals surface area (Å²) in [5, 5.41) is 6.69. The summed E-state index contributed by atoms with van der Waals surface area (Å²) >= 11 is 1.73. The van der Waals surface area contributed by atoms with Crippen LogP contribution in [0.15, 0.2) is 23.2 Å². The molecule has 0 amide bonds. The minimum absolute atomic E-state index is 0.229. The van der Waals surface area contributed by atoms with Crippen LogP contribution in [0.3, 0.4) is 0 Å². The lowest BCUT2D eigenvalue weighted by Gasteiger charge is -2.17. The first-order valence-corrected chi connectivity index (χ1v) is 8.80. The summed E-state index contributed by atoms with van der Waals surface area (Å²) in [6, 6.07) is 5.20. The number of guanidine groups is 1. The molecule has 0 aliphatic carbocycles. The molecular weight excluding hydrogens is 339 g/mol. The second-order valence-corrected chi connectivity index (χ2v) is 6.64. The predicted molar refractivity (Wildman–Crippen MR) is 93.9 cm³/mol. The lowest BCUT2D eigenvalue weighted by atomic mass is 10.1. The molecule has 1 unspecified atom stereocenters. The molecule has 0 aliphatic rings. The Balaban J connectivity index is 2.69. The van der Waals surface area contributed by atoms with E-state index in [0.29, 0.717) is 23.3 Å². The van der Waals surface area contributed by atoms with Gasteiger partial charge in [0.05, 0.1) is 0 Å². The summed E-state index contributed by atoms with van der Waals surface area (Å²) < 4.78 is 42.1. The zero-order valence-electron chi connectivity index (χ0n) is 14.3. The normalized spacial score (nSPS) is 13.5. The van der Waals surface area contributed by atoms with E-state index in [9.17, 15) is 13.2 Å². The van der Waals surface area contributed by atoms with Gasteiger partial charge in [-0.25, -0.2) is 0 Å². The predicted octanol–water partition coefficient (Wildman–Crippen LogP) is 3.35. The monoisotopic (exact) mass is 363 g/mol. The van der Waals surface area contributed by atoms with Gasteiger partial charge in [-0.05, 0) is 24.8 Å². The molecule has 0 aliphatic heterocycles. The van der Waals surface area contributed by atoms with Crippen LogP contribution >= 0.6 is 11.8 Å². The topological polar surface area (TPSA) is 45.7 Å². The van der Waals surface area contributed by atoms with E-state index >= 15 is 0 Å². The van der Waals surface area contributed by atoms with Crippen LogP contribution in [-0.4, -0.2) is 43.8 Å². The molecule has 1 rings (SSSR count). The molecule has 0 radical (unpaired) electrons. The molecule has 4 nitrogen and oxygen atoms in total. The lowest BCUT2D eigenvalue weighted by molar-refractivity contribution is -0.153. The van der Waals surface area contributed by atoms with E-state index in [4.69, 9.17) is 4.74 Å². The molecule has 1 aromatic carbocycles. The summed E-state index contributed by atoms with van der Waals surface area (Å²) in [5.41, 5.74) is 1.48. The number of ether oxygens (including phenoxy) is 1. The molecule has 0 saturated carbocycles. The largest absolute Gasteiger partial charge is 0.484 e. The molecule has 0 heterocycles. The first-order valence-electron chi connectivity index (χ1n) is 7.51. The molecule has 0 aromatic heterocycles. The number of nitrogens with zero attached hydrogens (tertiary/aromatic N) is 1. The number of aliphatic imine (C=N–C) groups is 1. The van der Waals surface area contributed by atoms with Crippen LogP contribution in [0.1, 0.15) is 18.1 Å². The third-order valence-electron chi connectivity index (χ3n) is 3.24. The minimum atomic E-state index is -4.36. The fraction of sp³-hybridized carbons (Fsp3) is 0.562. The van der Waals surface area contributed by atoms with Crippen molar-refractivity contribution in [1.29, 1.82) is 0 Å². The van der Waals surface area contributed by atoms with Gasteiger partial charge in [0.1, 0.15) is 5.75 Å². The van der Waals surface area contributed by atoms with Gasteiger partial charge in [0, 0.05) is 31.0 Å². The Labute approximate surface area is 145 Å². The first-order chi connectivity index (χ1) is 11.2. The van der Waals surface area contributed by atoms with Crippen molar-refractivity contribution >= 4 is 17.7 Å². The molecule has 0 bridgehead atoms. The molecule has 8 heteroatoms. The van der Waals surface area contributed by atoms with E-state index in [1.165, 1.54) is 0 Å². The van der Waals surface area contributed by atoms with Crippen LogP contribution in [0.25, 0.3) is 0 Å². The molecule has 0 saturated heterocycles. The van der Waals surface area contributed by atoms with Crippen LogP contribution in [0.5, 0.6) is 5.75 Å². The van der Waals surface area contributed by atoms with Crippen molar-refractivity contribution in [2.45, 2.75) is 31.8 Å². The summed E-state index contributed by atoms with van der Waals surface area (Å²) in [6.45, 7) is 3.66. The van der Waals surface area contributed by atoms with Gasteiger partial charge in [0.15, 0.2) is 12.6 Å². The Bertz CT molecular complexity index is 550. The first kappa shape index (κ1) is 20.5. The highest BCUT2D eigenvalue weighted by Gasteiger charge is 2.28. The number of benzene rings is 1. The smallest absolute Gasteiger partial charge is 0.422 e. The molecule has 0 spiro atoms. The van der Waals surface area contributed by atoms with Crippen molar-refractivity contribution in [2.24, 2.45) is 4.99 Å². The van der Waals surface area contributed by atoms with Crippen molar-refractivity contribution in [1.82, 2.24) is 10.6 Å². The van der Waals surface area contributed by atoms with Gasteiger partial charge in [-0.15, -0.1) is 0 Å². The number of hydrogen-bond acceptors (Lipinski definition) is 3. The zero-order chi connectivity index (χ0) is 18.2. The van der Waals surface area contributed by atoms with Gasteiger partial charge in [0.2, 0.25) is 0 Å². The number of halogens is 3. The van der Waals surface area contributed by atoms with Crippen molar-refractivity contribution in [3.8, 4) is 5.75 Å². The third-order valence-corrected chi connectivity index (χ3v) is 4.21. The van der Waals surface area contributed by atoms with Gasteiger partial charge in [-0.3, -0.25) is 4.99 Å². The number of rotatable bonds is 7. The average molecular weight is 363 g/mol. The van der Waals surface area contributed by atoms with Gasteiger partial charge >= 0.3 is 6.18 Å². The average Bonchev–Trinajstić information content (AvgIpc) is 2.53. The molecule has 2 N–H and O–H groups in total. The van der Waals surface area contributed by atoms with Gasteiger partial charge < -0.3 is 15.4 Å². The zero-order valence-corrected chi connectivity index (χ0v) is 15.1. The number of hydrogen-bond donors (Lipinski definition) is 2. The van der Waals surface area contributed by atoms with Gasteiger partial charge in [0.25, 0.3) is 0 Å². The van der Waals surface area contributed by atoms with Crippen LogP contribution < -0.4 is 15.4 Å². The fourth-order valence-corrected chi connectivity index (χ4v) is 2.08. The molecule has 0 fully saturated rings. The summed E-state index contributed by atoms with van der Waals surface area (Å²) in [4.78, 5) is 4.11. The highest BCUT2D eigenvalue weighted by atomic mass is 32.2. The maximum absolute atomic E-state index is 12.4. The summed E-state index contributed by atoms with van der Waals surface area (Å²) in [5.74, 6) is 0.825. The second-order valence-electron chi connectivity index (χ2n) is 5.37. The van der Waals surface area contributed by atoms with Gasteiger partial charge in [-0.2, -0.15) is 24.9 Å². The maximum Gasteiger partial charge on any atom is 0.422 e. The van der Waals surface area contributed by atoms with E-state index < -0.39 is 12.8 Å². The third kappa shape index (κ3) is 7.81. The van der Waals surface area contributed by atoms with E-state index in [1.807, 2.05) is 19.2 Å². The molecule has 1 atom stereocenters. The molecule has 1 aromatic rings. The molecular formula is C16H24F3N3OS. The SMILES string of the molecule is CN=C(NCc1ccc(C)cc1OCC(F)(F)F)NCC(C)SC. The van der Waals surface area contributed by atoms with E-state index in [-0.39, 0.29) is 5.75 Å². The Morgan fingerprint density at radius 2 is 2.04 bits per heavy atom. The van der Waals surface area contributed by atoms with Crippen LogP contribution in [0.4, 0.5) is 13.2 Å². The summed E-state index contributed by atoms with van der Waals surface area (Å²) in [6.07, 6.45) is -2.33. The second kappa shape index (κ2) is 9.66. The van der Waals surface area contributed by atoms with Crippen LogP contribution in [-0.2, 0) is 6.54 Å². The highest BCUT2D eigenvalue weighted by molar-refractivity contribution is 7.99. The van der Waals surface area contributed by atoms with E-state index in [1.54, 1.807) is 30.9 Å². The Morgan fingerprint density at radius 1 is 1.33 bits per heavy atom.